The summed E-state index contributed by atoms with van der Waals surface area (Å²) in [5.74, 6) is 1.84. The van der Waals surface area contributed by atoms with Gasteiger partial charge in [0.15, 0.2) is 0 Å². The standard InChI is InChI=1S/C35H37Cl2N7O2/c1-20-10-11-22(42-20)15-38-16-29-33(45-2)43-27(17-39-29)25-8-4-6-23(31(25)36)24-7-5-9-26(32(24)37)28-18-40-30(34(44-28)46-3)19-41-35-12-21(13-35)14-35/h4-9,17-18,21-22,38,41-42H,1,10-16,19H2,2-3H3/t21?,22-,35?/m0/s1. The van der Waals surface area contributed by atoms with Crippen molar-refractivity contribution < 1.29 is 9.47 Å². The maximum atomic E-state index is 7.06. The average Bonchev–Trinajstić information content (AvgIpc) is 3.45. The summed E-state index contributed by atoms with van der Waals surface area (Å²) in [6.07, 6.45) is 9.33. The molecule has 2 aromatic heterocycles. The molecule has 3 heterocycles. The highest BCUT2D eigenvalue weighted by molar-refractivity contribution is 6.39. The van der Waals surface area contributed by atoms with Gasteiger partial charge in [0, 0.05) is 59.2 Å². The van der Waals surface area contributed by atoms with Crippen molar-refractivity contribution in [1.29, 1.82) is 0 Å². The number of nitrogens with one attached hydrogen (secondary N) is 3. The minimum Gasteiger partial charge on any atom is -0.480 e. The number of rotatable bonds is 12. The van der Waals surface area contributed by atoms with Crippen LogP contribution in [0.15, 0.2) is 61.1 Å². The van der Waals surface area contributed by atoms with Crippen LogP contribution in [0.3, 0.4) is 0 Å². The lowest BCUT2D eigenvalue weighted by Crippen LogP contribution is -2.66. The van der Waals surface area contributed by atoms with Crippen LogP contribution in [-0.4, -0.2) is 52.3 Å². The van der Waals surface area contributed by atoms with Gasteiger partial charge in [-0.05, 0) is 38.0 Å². The molecule has 1 saturated heterocycles. The molecule has 2 bridgehead atoms. The van der Waals surface area contributed by atoms with Gasteiger partial charge in [-0.3, -0.25) is 9.97 Å². The highest BCUT2D eigenvalue weighted by Crippen LogP contribution is 2.57. The zero-order valence-corrected chi connectivity index (χ0v) is 27.5. The number of halogens is 2. The Morgan fingerprint density at radius 3 is 1.87 bits per heavy atom. The lowest BCUT2D eigenvalue weighted by molar-refractivity contribution is -0.0523. The third-order valence-corrected chi connectivity index (χ3v) is 10.2. The predicted octanol–water partition coefficient (Wildman–Crippen LogP) is 6.59. The highest BCUT2D eigenvalue weighted by atomic mass is 35.5. The summed E-state index contributed by atoms with van der Waals surface area (Å²) in [7, 11) is 3.22. The normalized spacial score (nSPS) is 21.3. The Morgan fingerprint density at radius 1 is 0.848 bits per heavy atom. The molecule has 2 aromatic carbocycles. The van der Waals surface area contributed by atoms with Crippen molar-refractivity contribution in [3.8, 4) is 45.4 Å². The van der Waals surface area contributed by atoms with E-state index in [1.165, 1.54) is 19.3 Å². The molecule has 3 N–H and O–H groups in total. The zero-order valence-electron chi connectivity index (χ0n) is 26.0. The number of ether oxygens (including phenoxy) is 2. The van der Waals surface area contributed by atoms with E-state index in [0.717, 1.165) is 64.6 Å². The second-order valence-electron chi connectivity index (χ2n) is 12.5. The van der Waals surface area contributed by atoms with Crippen molar-refractivity contribution >= 4 is 23.2 Å². The minimum atomic E-state index is 0.292. The van der Waals surface area contributed by atoms with Crippen molar-refractivity contribution in [2.24, 2.45) is 5.92 Å². The smallest absolute Gasteiger partial charge is 0.237 e. The molecule has 0 radical (unpaired) electrons. The first-order valence-corrected chi connectivity index (χ1v) is 16.4. The highest BCUT2D eigenvalue weighted by Gasteiger charge is 2.56. The van der Waals surface area contributed by atoms with Crippen LogP contribution < -0.4 is 25.4 Å². The molecule has 3 aliphatic carbocycles. The van der Waals surface area contributed by atoms with E-state index in [4.69, 9.17) is 47.6 Å². The van der Waals surface area contributed by atoms with Crippen molar-refractivity contribution in [3.63, 3.8) is 0 Å². The van der Waals surface area contributed by atoms with E-state index in [1.54, 1.807) is 26.6 Å². The van der Waals surface area contributed by atoms with Gasteiger partial charge in [0.25, 0.3) is 0 Å². The second kappa shape index (κ2) is 12.8. The Labute approximate surface area is 279 Å². The van der Waals surface area contributed by atoms with E-state index < -0.39 is 0 Å². The molecule has 11 heteroatoms. The maximum Gasteiger partial charge on any atom is 0.237 e. The Morgan fingerprint density at radius 2 is 1.39 bits per heavy atom. The Hall–Kier alpha value is -3.76. The zero-order chi connectivity index (χ0) is 31.8. The van der Waals surface area contributed by atoms with Crippen LogP contribution in [0.5, 0.6) is 11.8 Å². The first-order chi connectivity index (χ1) is 22.4. The number of hydrogen-bond donors (Lipinski definition) is 3. The van der Waals surface area contributed by atoms with E-state index in [-0.39, 0.29) is 0 Å². The van der Waals surface area contributed by atoms with Crippen LogP contribution in [0.1, 0.15) is 43.5 Å². The van der Waals surface area contributed by atoms with Gasteiger partial charge in [0.05, 0.1) is 48.0 Å². The van der Waals surface area contributed by atoms with Crippen LogP contribution in [0, 0.1) is 5.92 Å². The van der Waals surface area contributed by atoms with Crippen LogP contribution >= 0.6 is 23.2 Å². The summed E-state index contributed by atoms with van der Waals surface area (Å²) in [4.78, 5) is 18.9. The molecule has 4 aliphatic rings. The number of hydrogen-bond acceptors (Lipinski definition) is 9. The van der Waals surface area contributed by atoms with E-state index in [1.807, 2.05) is 36.4 Å². The molecule has 8 rings (SSSR count). The Balaban J connectivity index is 1.12. The largest absolute Gasteiger partial charge is 0.480 e. The first kappa shape index (κ1) is 30.9. The quantitative estimate of drug-likeness (QED) is 0.156. The van der Waals surface area contributed by atoms with E-state index >= 15 is 0 Å². The van der Waals surface area contributed by atoms with Crippen molar-refractivity contribution in [2.75, 3.05) is 20.8 Å². The lowest BCUT2D eigenvalue weighted by atomic mass is 9.50. The molecule has 1 aliphatic heterocycles. The van der Waals surface area contributed by atoms with E-state index in [0.29, 0.717) is 57.9 Å². The minimum absolute atomic E-state index is 0.292. The summed E-state index contributed by atoms with van der Waals surface area (Å²) in [6, 6.07) is 12.0. The van der Waals surface area contributed by atoms with Gasteiger partial charge < -0.3 is 25.4 Å². The Bertz CT molecular complexity index is 1780. The molecule has 1 atom stereocenters. The van der Waals surface area contributed by atoms with Gasteiger partial charge in [-0.25, -0.2) is 9.97 Å². The molecule has 46 heavy (non-hydrogen) atoms. The monoisotopic (exact) mass is 657 g/mol. The molecule has 0 unspecified atom stereocenters. The van der Waals surface area contributed by atoms with Gasteiger partial charge in [-0.1, -0.05) is 66.2 Å². The molecule has 0 spiro atoms. The lowest BCUT2D eigenvalue weighted by Gasteiger charge is -2.62. The summed E-state index contributed by atoms with van der Waals surface area (Å²) >= 11 is 14.1. The average molecular weight is 659 g/mol. The summed E-state index contributed by atoms with van der Waals surface area (Å²) < 4.78 is 11.3. The Kier molecular flexibility index (Phi) is 8.59. The molecule has 4 fully saturated rings. The fourth-order valence-electron chi connectivity index (χ4n) is 6.76. The molecule has 4 aromatic rings. The third kappa shape index (κ3) is 5.93. The number of allylic oxidation sites excluding steroid dienone is 1. The molecule has 3 saturated carbocycles. The predicted molar refractivity (Wildman–Crippen MR) is 181 cm³/mol. The SMILES string of the molecule is C=C1CC[C@@H](CNCc2ncc(-c3cccc(-c4cccc(-c5cnc(CNC67CC(C6)C7)c(OC)n5)c4Cl)c3Cl)nc2OC)N1. The number of methoxy groups -OCH3 is 2. The van der Waals surface area contributed by atoms with E-state index in [9.17, 15) is 0 Å². The van der Waals surface area contributed by atoms with Crippen LogP contribution in [0.4, 0.5) is 0 Å². The van der Waals surface area contributed by atoms with Crippen molar-refractivity contribution in [1.82, 2.24) is 35.9 Å². The van der Waals surface area contributed by atoms with Gasteiger partial charge in [0.2, 0.25) is 11.8 Å². The van der Waals surface area contributed by atoms with Crippen LogP contribution in [-0.2, 0) is 13.1 Å². The van der Waals surface area contributed by atoms with Crippen LogP contribution in [0.2, 0.25) is 10.0 Å². The van der Waals surface area contributed by atoms with E-state index in [2.05, 4.69) is 27.5 Å². The van der Waals surface area contributed by atoms with Gasteiger partial charge in [-0.2, -0.15) is 0 Å². The molecule has 238 valence electrons. The number of nitrogens with zero attached hydrogens (tertiary/aromatic N) is 4. The maximum absolute atomic E-state index is 7.06. The molecule has 9 nitrogen and oxygen atoms in total. The summed E-state index contributed by atoms with van der Waals surface area (Å²) in [5, 5.41) is 11.5. The fraction of sp³-hybridized carbons (Fsp3) is 0.371. The van der Waals surface area contributed by atoms with Gasteiger partial charge in [-0.15, -0.1) is 0 Å². The topological polar surface area (TPSA) is 106 Å². The first-order valence-electron chi connectivity index (χ1n) is 15.6. The molecule has 0 amide bonds. The van der Waals surface area contributed by atoms with Crippen LogP contribution in [0.25, 0.3) is 33.6 Å². The molecular formula is C35H37Cl2N7O2. The number of aromatic nitrogens is 4. The third-order valence-electron chi connectivity index (χ3n) is 9.40. The van der Waals surface area contributed by atoms with Crippen molar-refractivity contribution in [3.05, 3.63) is 82.5 Å². The van der Waals surface area contributed by atoms with Gasteiger partial charge in [0.1, 0.15) is 11.4 Å². The summed E-state index contributed by atoms with van der Waals surface area (Å²) in [5.41, 5.74) is 7.12. The summed E-state index contributed by atoms with van der Waals surface area (Å²) in [6.45, 7) is 5.97. The van der Waals surface area contributed by atoms with Gasteiger partial charge >= 0.3 is 0 Å². The van der Waals surface area contributed by atoms with Crippen molar-refractivity contribution in [2.45, 2.75) is 56.8 Å². The number of benzene rings is 2. The second-order valence-corrected chi connectivity index (χ2v) is 13.2. The fourth-order valence-corrected chi connectivity index (χ4v) is 7.41. The molecular weight excluding hydrogens is 621 g/mol.